The molecular formula is C46H38Cl2F6N4O6. The summed E-state index contributed by atoms with van der Waals surface area (Å²) < 4.78 is 97.2. The van der Waals surface area contributed by atoms with Gasteiger partial charge in [-0.3, -0.25) is 9.59 Å². The van der Waals surface area contributed by atoms with Gasteiger partial charge in [-0.15, -0.1) is 0 Å². The zero-order valence-electron chi connectivity index (χ0n) is 33.6. The number of nitrogens with one attached hydrogen (secondary N) is 1. The summed E-state index contributed by atoms with van der Waals surface area (Å²) in [5.74, 6) is 0.492. The fourth-order valence-electron chi connectivity index (χ4n) is 7.82. The number of hydrogen-bond acceptors (Lipinski definition) is 7. The summed E-state index contributed by atoms with van der Waals surface area (Å²) in [6, 6.07) is 25.7. The van der Waals surface area contributed by atoms with E-state index in [0.717, 1.165) is 30.8 Å². The quantitative estimate of drug-likeness (QED) is 0.155. The lowest BCUT2D eigenvalue weighted by Gasteiger charge is -2.41. The molecule has 5 aromatic carbocycles. The van der Waals surface area contributed by atoms with Crippen LogP contribution in [-0.4, -0.2) is 75.3 Å². The second kappa shape index (κ2) is 18.3. The van der Waals surface area contributed by atoms with Crippen molar-refractivity contribution in [2.24, 2.45) is 11.8 Å². The minimum atomic E-state index is -4.56. The maximum absolute atomic E-state index is 13.6. The lowest BCUT2D eigenvalue weighted by atomic mass is 9.97. The number of carbonyl (C=O) groups is 3. The van der Waals surface area contributed by atoms with Crippen LogP contribution in [0.4, 0.5) is 42.5 Å². The van der Waals surface area contributed by atoms with Crippen molar-refractivity contribution in [1.82, 2.24) is 10.2 Å². The lowest BCUT2D eigenvalue weighted by molar-refractivity contribution is -0.137. The largest absolute Gasteiger partial charge is 0.482 e. The maximum Gasteiger partial charge on any atom is 0.417 e. The van der Waals surface area contributed by atoms with Crippen LogP contribution < -0.4 is 24.6 Å². The number of likely N-dealkylation sites (tertiary alicyclic amines) is 1. The zero-order chi connectivity index (χ0) is 45.3. The number of alkyl halides is 6. The molecule has 334 valence electrons. The third-order valence-corrected chi connectivity index (χ3v) is 11.8. The maximum atomic E-state index is 13.6. The number of fused-ring (bicyclic) bond motifs is 2. The van der Waals surface area contributed by atoms with E-state index in [4.69, 9.17) is 37.4 Å². The summed E-state index contributed by atoms with van der Waals surface area (Å²) in [6.45, 7) is 3.10. The number of benzene rings is 5. The molecule has 2 saturated heterocycles. The Morgan fingerprint density at radius 3 is 1.55 bits per heavy atom. The van der Waals surface area contributed by atoms with Crippen LogP contribution in [0.5, 0.6) is 11.5 Å². The number of halogens is 8. The molecule has 9 rings (SSSR count). The number of hydrogen-bond donors (Lipinski definition) is 1. The van der Waals surface area contributed by atoms with Crippen molar-refractivity contribution in [1.29, 1.82) is 0 Å². The average molecular weight is 928 g/mol. The number of nitrogens with zero attached hydrogens (tertiary/aromatic N) is 3. The van der Waals surface area contributed by atoms with Gasteiger partial charge in [0.1, 0.15) is 18.1 Å². The number of amides is 3. The van der Waals surface area contributed by atoms with Crippen LogP contribution in [0, 0.1) is 11.8 Å². The first-order chi connectivity index (χ1) is 30.5. The van der Waals surface area contributed by atoms with Gasteiger partial charge < -0.3 is 34.2 Å². The summed E-state index contributed by atoms with van der Waals surface area (Å²) in [6.07, 6.45) is -9.49. The average Bonchev–Trinajstić information content (AvgIpc) is 3.23. The van der Waals surface area contributed by atoms with Gasteiger partial charge in [0.2, 0.25) is 0 Å². The fraction of sp³-hybridized carbons (Fsp3) is 0.283. The van der Waals surface area contributed by atoms with Gasteiger partial charge in [-0.05, 0) is 53.1 Å². The molecule has 4 heterocycles. The summed E-state index contributed by atoms with van der Waals surface area (Å²) in [4.78, 5) is 41.9. The van der Waals surface area contributed by atoms with Crippen LogP contribution in [0.1, 0.15) is 16.7 Å². The van der Waals surface area contributed by atoms with E-state index < -0.39 is 29.6 Å². The molecule has 0 unspecified atom stereocenters. The highest BCUT2D eigenvalue weighted by molar-refractivity contribution is 6.34. The smallest absolute Gasteiger partial charge is 0.417 e. The van der Waals surface area contributed by atoms with Crippen LogP contribution in [0.2, 0.25) is 10.0 Å². The van der Waals surface area contributed by atoms with Gasteiger partial charge in [-0.2, -0.15) is 26.3 Å². The van der Waals surface area contributed by atoms with E-state index in [1.165, 1.54) is 65.6 Å². The van der Waals surface area contributed by atoms with Gasteiger partial charge in [0.25, 0.3) is 11.8 Å². The van der Waals surface area contributed by atoms with Crippen LogP contribution in [0.3, 0.4) is 0 Å². The topological polar surface area (TPSA) is 101 Å². The third kappa shape index (κ3) is 9.59. The second-order valence-corrected chi connectivity index (χ2v) is 16.4. The van der Waals surface area contributed by atoms with Gasteiger partial charge in [-0.25, -0.2) is 4.79 Å². The van der Waals surface area contributed by atoms with Gasteiger partial charge in [-0.1, -0.05) is 89.9 Å². The number of ether oxygens (including phenoxy) is 3. The first-order valence-electron chi connectivity index (χ1n) is 20.1. The van der Waals surface area contributed by atoms with Crippen molar-refractivity contribution in [3.8, 4) is 33.8 Å². The Morgan fingerprint density at radius 1 is 0.641 bits per heavy atom. The van der Waals surface area contributed by atoms with Gasteiger partial charge in [0.15, 0.2) is 13.2 Å². The van der Waals surface area contributed by atoms with Crippen LogP contribution >= 0.6 is 23.2 Å². The highest BCUT2D eigenvalue weighted by Gasteiger charge is 2.39. The highest BCUT2D eigenvalue weighted by Crippen LogP contribution is 2.47. The molecule has 4 aliphatic heterocycles. The van der Waals surface area contributed by atoms with E-state index in [-0.39, 0.29) is 75.6 Å². The normalized spacial score (nSPS) is 16.3. The number of rotatable bonds is 8. The predicted octanol–water partition coefficient (Wildman–Crippen LogP) is 9.99. The van der Waals surface area contributed by atoms with Crippen molar-refractivity contribution in [2.75, 3.05) is 62.3 Å². The van der Waals surface area contributed by atoms with Crippen molar-refractivity contribution >= 4 is 52.5 Å². The standard InChI is InChI=1S/C27H22ClF3N2O4.C19H16ClF3N2O2/c28-22-11-23-24(10-20(22)19-8-4-5-9-21(19)27(29,30)31)36-16-25(34)33(23)14-18-12-32(13-18)26(35)37-15-17-6-2-1-3-7-17;20-15-6-16-17(27-10-18(26)25(16)9-11-7-24-8-11)5-13(15)12-3-1-2-4-14(12)19(21,22)23/h1-11,18H,12-16H2;1-6,11,24H,7-10H2. The molecule has 0 spiro atoms. The molecule has 0 saturated carbocycles. The van der Waals surface area contributed by atoms with Gasteiger partial charge in [0, 0.05) is 62.2 Å². The molecule has 2 fully saturated rings. The van der Waals surface area contributed by atoms with E-state index >= 15 is 0 Å². The summed E-state index contributed by atoms with van der Waals surface area (Å²) >= 11 is 12.8. The Labute approximate surface area is 373 Å². The van der Waals surface area contributed by atoms with E-state index in [9.17, 15) is 40.7 Å². The zero-order valence-corrected chi connectivity index (χ0v) is 35.2. The van der Waals surface area contributed by atoms with E-state index in [1.54, 1.807) is 9.80 Å². The molecule has 1 N–H and O–H groups in total. The molecule has 0 aromatic heterocycles. The predicted molar refractivity (Wildman–Crippen MR) is 228 cm³/mol. The minimum absolute atomic E-state index is 0.00332. The first-order valence-corrected chi connectivity index (χ1v) is 20.8. The van der Waals surface area contributed by atoms with E-state index in [2.05, 4.69) is 5.32 Å². The van der Waals surface area contributed by atoms with Crippen molar-refractivity contribution in [3.05, 3.63) is 130 Å². The SMILES string of the molecule is O=C(OCc1ccccc1)N1CC(CN2C(=O)COc3cc(-c4ccccc4C(F)(F)F)c(Cl)cc32)C1.O=C1COc2cc(-c3ccccc3C(F)(F)F)c(Cl)cc2N1CC1CNC1. The second-order valence-electron chi connectivity index (χ2n) is 15.6. The van der Waals surface area contributed by atoms with Gasteiger partial charge >= 0.3 is 18.4 Å². The Bertz CT molecular complexity index is 2570. The van der Waals surface area contributed by atoms with Gasteiger partial charge in [0.05, 0.1) is 32.5 Å². The molecule has 5 aromatic rings. The van der Waals surface area contributed by atoms with Crippen molar-refractivity contribution in [2.45, 2.75) is 19.0 Å². The molecule has 18 heteroatoms. The molecule has 0 aliphatic carbocycles. The number of anilines is 2. The molecule has 0 radical (unpaired) electrons. The molecule has 64 heavy (non-hydrogen) atoms. The Hall–Kier alpha value is -5.97. The summed E-state index contributed by atoms with van der Waals surface area (Å²) in [5, 5.41) is 3.36. The Balaban J connectivity index is 0.000000184. The van der Waals surface area contributed by atoms with Crippen molar-refractivity contribution < 1.29 is 54.9 Å². The molecule has 0 atom stereocenters. The first kappa shape index (κ1) is 44.6. The van der Waals surface area contributed by atoms with Crippen LogP contribution in [-0.2, 0) is 33.3 Å². The van der Waals surface area contributed by atoms with Crippen LogP contribution in [0.25, 0.3) is 22.3 Å². The molecule has 0 bridgehead atoms. The fourth-order valence-corrected chi connectivity index (χ4v) is 8.34. The molecule has 10 nitrogen and oxygen atoms in total. The third-order valence-electron chi connectivity index (χ3n) is 11.2. The Kier molecular flexibility index (Phi) is 12.7. The number of carbonyl (C=O) groups excluding carboxylic acids is 3. The van der Waals surface area contributed by atoms with E-state index in [0.29, 0.717) is 49.2 Å². The minimum Gasteiger partial charge on any atom is -0.482 e. The van der Waals surface area contributed by atoms with Crippen LogP contribution in [0.15, 0.2) is 103 Å². The van der Waals surface area contributed by atoms with E-state index in [1.807, 2.05) is 30.3 Å². The summed E-state index contributed by atoms with van der Waals surface area (Å²) in [5.41, 5.74) is 0.493. The molecular weight excluding hydrogens is 889 g/mol. The summed E-state index contributed by atoms with van der Waals surface area (Å²) in [7, 11) is 0. The monoisotopic (exact) mass is 926 g/mol. The molecule has 4 aliphatic rings. The highest BCUT2D eigenvalue weighted by atomic mass is 35.5. The Morgan fingerprint density at radius 2 is 1.09 bits per heavy atom. The molecule has 3 amide bonds. The van der Waals surface area contributed by atoms with Crippen molar-refractivity contribution in [3.63, 3.8) is 0 Å². The lowest BCUT2D eigenvalue weighted by Crippen LogP contribution is -2.55.